The summed E-state index contributed by atoms with van der Waals surface area (Å²) in [5.74, 6) is -0.888. The monoisotopic (exact) mass is 1050 g/mol. The summed E-state index contributed by atoms with van der Waals surface area (Å²) in [5.41, 5.74) is 0. The highest BCUT2D eigenvalue weighted by molar-refractivity contribution is 5.71. The van der Waals surface area contributed by atoms with Crippen LogP contribution < -0.4 is 0 Å². The van der Waals surface area contributed by atoms with E-state index in [2.05, 4.69) is 81.5 Å². The summed E-state index contributed by atoms with van der Waals surface area (Å²) >= 11 is 0. The van der Waals surface area contributed by atoms with Crippen LogP contribution in [-0.2, 0) is 28.6 Å². The fourth-order valence-electron chi connectivity index (χ4n) is 9.54. The topological polar surface area (TPSA) is 78.9 Å². The Labute approximate surface area is 466 Å². The molecule has 0 aromatic carbocycles. The zero-order valence-electron chi connectivity index (χ0n) is 50.1. The molecule has 1 atom stereocenters. The molecule has 6 nitrogen and oxygen atoms in total. The van der Waals surface area contributed by atoms with Crippen LogP contribution in [0.1, 0.15) is 342 Å². The van der Waals surface area contributed by atoms with Crippen LogP contribution in [0.5, 0.6) is 0 Å². The van der Waals surface area contributed by atoms with E-state index in [0.717, 1.165) is 89.9 Å². The van der Waals surface area contributed by atoms with Crippen molar-refractivity contribution in [3.63, 3.8) is 0 Å². The zero-order valence-corrected chi connectivity index (χ0v) is 50.1. The van der Waals surface area contributed by atoms with Gasteiger partial charge in [-0.05, 0) is 89.9 Å². The van der Waals surface area contributed by atoms with Gasteiger partial charge in [-0.15, -0.1) is 0 Å². The summed E-state index contributed by atoms with van der Waals surface area (Å²) in [5, 5.41) is 0. The Balaban J connectivity index is 4.36. The predicted molar refractivity (Wildman–Crippen MR) is 325 cm³/mol. The van der Waals surface area contributed by atoms with Crippen LogP contribution in [0.3, 0.4) is 0 Å². The summed E-state index contributed by atoms with van der Waals surface area (Å²) in [4.78, 5) is 38.4. The third-order valence-electron chi connectivity index (χ3n) is 14.5. The van der Waals surface area contributed by atoms with Gasteiger partial charge in [0.05, 0.1) is 0 Å². The van der Waals surface area contributed by atoms with Crippen LogP contribution >= 0.6 is 0 Å². The van der Waals surface area contributed by atoms with E-state index in [4.69, 9.17) is 14.2 Å². The molecule has 0 N–H and O–H groups in total. The number of rotatable bonds is 60. The third-order valence-corrected chi connectivity index (χ3v) is 14.5. The molecule has 0 spiro atoms. The molecular formula is C69H124O6. The van der Waals surface area contributed by atoms with Crippen molar-refractivity contribution in [3.05, 3.63) is 60.8 Å². The van der Waals surface area contributed by atoms with E-state index < -0.39 is 6.10 Å². The van der Waals surface area contributed by atoms with Gasteiger partial charge in [0.15, 0.2) is 6.10 Å². The molecule has 0 aliphatic carbocycles. The van der Waals surface area contributed by atoms with Gasteiger partial charge in [0, 0.05) is 19.3 Å². The SMILES string of the molecule is CCCCC/C=C\C/C=C\C/C=C\CCCCCCC(=O)O[C@H](COC(=O)CCCCCCCCCCC/C=C\C/C=C\CCCCC)COC(=O)CCCCCCCCCCCCCCCCCCCCCCC. The molecule has 0 bridgehead atoms. The molecule has 0 rings (SSSR count). The first-order chi connectivity index (χ1) is 37.0. The van der Waals surface area contributed by atoms with Crippen LogP contribution in [0, 0.1) is 0 Å². The molecular weight excluding hydrogens is 925 g/mol. The molecule has 0 radical (unpaired) electrons. The van der Waals surface area contributed by atoms with Crippen LogP contribution in [0.4, 0.5) is 0 Å². The van der Waals surface area contributed by atoms with Crippen molar-refractivity contribution in [2.24, 2.45) is 0 Å². The Morgan fingerprint density at radius 3 is 0.773 bits per heavy atom. The molecule has 0 aromatic heterocycles. The normalized spacial score (nSPS) is 12.4. The Kier molecular flexibility index (Phi) is 61.2. The van der Waals surface area contributed by atoms with Gasteiger partial charge in [-0.1, -0.05) is 293 Å². The van der Waals surface area contributed by atoms with E-state index >= 15 is 0 Å². The van der Waals surface area contributed by atoms with Crippen LogP contribution in [-0.4, -0.2) is 37.2 Å². The summed E-state index contributed by atoms with van der Waals surface area (Å²) < 4.78 is 16.9. The van der Waals surface area contributed by atoms with Crippen molar-refractivity contribution in [2.45, 2.75) is 348 Å². The van der Waals surface area contributed by atoms with E-state index in [9.17, 15) is 14.4 Å². The van der Waals surface area contributed by atoms with Gasteiger partial charge in [0.2, 0.25) is 0 Å². The van der Waals surface area contributed by atoms with E-state index in [1.807, 2.05) is 0 Å². The van der Waals surface area contributed by atoms with Gasteiger partial charge in [-0.2, -0.15) is 0 Å². The number of unbranched alkanes of at least 4 members (excludes halogenated alkanes) is 39. The molecule has 0 aromatic rings. The smallest absolute Gasteiger partial charge is 0.306 e. The highest BCUT2D eigenvalue weighted by Gasteiger charge is 2.19. The van der Waals surface area contributed by atoms with E-state index in [-0.39, 0.29) is 31.1 Å². The molecule has 0 unspecified atom stereocenters. The van der Waals surface area contributed by atoms with Crippen molar-refractivity contribution in [3.8, 4) is 0 Å². The number of allylic oxidation sites excluding steroid dienone is 10. The maximum atomic E-state index is 12.9. The molecule has 0 saturated heterocycles. The summed E-state index contributed by atoms with van der Waals surface area (Å²) in [7, 11) is 0. The van der Waals surface area contributed by atoms with Crippen molar-refractivity contribution in [1.29, 1.82) is 0 Å². The van der Waals surface area contributed by atoms with Crippen molar-refractivity contribution in [1.82, 2.24) is 0 Å². The number of hydrogen-bond donors (Lipinski definition) is 0. The van der Waals surface area contributed by atoms with E-state index in [1.165, 1.54) is 212 Å². The van der Waals surface area contributed by atoms with Gasteiger partial charge < -0.3 is 14.2 Å². The van der Waals surface area contributed by atoms with E-state index in [0.29, 0.717) is 19.3 Å². The largest absolute Gasteiger partial charge is 0.462 e. The summed E-state index contributed by atoms with van der Waals surface area (Å²) in [6.45, 7) is 6.62. The van der Waals surface area contributed by atoms with Gasteiger partial charge in [0.25, 0.3) is 0 Å². The van der Waals surface area contributed by atoms with Crippen LogP contribution in [0.2, 0.25) is 0 Å². The number of esters is 3. The lowest BCUT2D eigenvalue weighted by molar-refractivity contribution is -0.167. The summed E-state index contributed by atoms with van der Waals surface area (Å²) in [6, 6.07) is 0. The van der Waals surface area contributed by atoms with Crippen molar-refractivity contribution >= 4 is 17.9 Å². The first-order valence-corrected chi connectivity index (χ1v) is 32.8. The Morgan fingerprint density at radius 1 is 0.267 bits per heavy atom. The maximum absolute atomic E-state index is 12.9. The molecule has 0 fully saturated rings. The van der Waals surface area contributed by atoms with Crippen LogP contribution in [0.25, 0.3) is 0 Å². The van der Waals surface area contributed by atoms with Crippen molar-refractivity contribution < 1.29 is 28.6 Å². The number of hydrogen-bond acceptors (Lipinski definition) is 6. The third kappa shape index (κ3) is 61.8. The lowest BCUT2D eigenvalue weighted by atomic mass is 10.0. The number of ether oxygens (including phenoxy) is 3. The fourth-order valence-corrected chi connectivity index (χ4v) is 9.54. The lowest BCUT2D eigenvalue weighted by Gasteiger charge is -2.18. The Morgan fingerprint density at radius 2 is 0.480 bits per heavy atom. The van der Waals surface area contributed by atoms with Crippen LogP contribution in [0.15, 0.2) is 60.8 Å². The first kappa shape index (κ1) is 72.1. The minimum atomic E-state index is -0.788. The second-order valence-electron chi connectivity index (χ2n) is 22.0. The van der Waals surface area contributed by atoms with E-state index in [1.54, 1.807) is 0 Å². The molecule has 75 heavy (non-hydrogen) atoms. The quantitative estimate of drug-likeness (QED) is 0.0261. The fraction of sp³-hybridized carbons (Fsp3) is 0.812. The average Bonchev–Trinajstić information content (AvgIpc) is 3.41. The van der Waals surface area contributed by atoms with Gasteiger partial charge in [-0.25, -0.2) is 0 Å². The number of carbonyl (C=O) groups is 3. The predicted octanol–water partition coefficient (Wildman–Crippen LogP) is 22.3. The molecule has 0 saturated carbocycles. The second kappa shape index (κ2) is 63.6. The maximum Gasteiger partial charge on any atom is 0.306 e. The highest BCUT2D eigenvalue weighted by atomic mass is 16.6. The standard InChI is InChI=1S/C69H124O6/c1-4-7-10-13-16-19-22-25-28-31-33-34-36-39-41-44-47-50-53-56-59-62-68(71)74-65-66(75-69(72)63-60-57-54-51-48-45-42-37-30-27-24-21-18-15-12-9-6-3)64-73-67(70)61-58-55-52-49-46-43-40-38-35-32-29-26-23-20-17-14-11-8-5-2/h17-18,20-21,26-27,29-30,42,45,66H,4-16,19,22-25,28,31-41,43-44,46-65H2,1-3H3/b20-17-,21-18-,29-26-,30-27-,45-42-/t66-/m1/s1. The molecule has 436 valence electrons. The Bertz CT molecular complexity index is 1340. The highest BCUT2D eigenvalue weighted by Crippen LogP contribution is 2.17. The molecule has 0 aliphatic rings. The van der Waals surface area contributed by atoms with Gasteiger partial charge in [0.1, 0.15) is 13.2 Å². The summed E-state index contributed by atoms with van der Waals surface area (Å²) in [6.07, 6.45) is 80.8. The lowest BCUT2D eigenvalue weighted by Crippen LogP contribution is -2.30. The second-order valence-corrected chi connectivity index (χ2v) is 22.0. The Hall–Kier alpha value is -2.89. The number of carbonyl (C=O) groups excluding carboxylic acids is 3. The molecule has 0 amide bonds. The van der Waals surface area contributed by atoms with Gasteiger partial charge >= 0.3 is 17.9 Å². The molecule has 0 aliphatic heterocycles. The average molecular weight is 1050 g/mol. The zero-order chi connectivity index (χ0) is 54.3. The van der Waals surface area contributed by atoms with Crippen molar-refractivity contribution in [2.75, 3.05) is 13.2 Å². The minimum Gasteiger partial charge on any atom is -0.462 e. The molecule has 6 heteroatoms. The molecule has 0 heterocycles. The minimum absolute atomic E-state index is 0.0814. The first-order valence-electron chi connectivity index (χ1n) is 32.8. The van der Waals surface area contributed by atoms with Gasteiger partial charge in [-0.3, -0.25) is 14.4 Å².